The second-order valence-electron chi connectivity index (χ2n) is 4.84. The van der Waals surface area contributed by atoms with E-state index in [2.05, 4.69) is 4.74 Å². The van der Waals surface area contributed by atoms with Crippen molar-refractivity contribution in [2.24, 2.45) is 5.41 Å². The zero-order chi connectivity index (χ0) is 9.99. The van der Waals surface area contributed by atoms with Gasteiger partial charge < -0.3 is 4.74 Å². The minimum absolute atomic E-state index is 0.0267. The molecule has 0 amide bonds. The lowest BCUT2D eigenvalue weighted by molar-refractivity contribution is -0.00337. The zero-order valence-electron chi connectivity index (χ0n) is 8.40. The molecule has 0 radical (unpaired) electrons. The van der Waals surface area contributed by atoms with Gasteiger partial charge in [-0.05, 0) is 25.7 Å². The van der Waals surface area contributed by atoms with Crippen LogP contribution in [0.4, 0.5) is 9.18 Å². The number of carbonyl (C=O) groups is 1. The summed E-state index contributed by atoms with van der Waals surface area (Å²) in [6, 6.07) is 0. The number of halogens is 1. The van der Waals surface area contributed by atoms with Gasteiger partial charge in [-0.1, -0.05) is 20.8 Å². The van der Waals surface area contributed by atoms with E-state index in [4.69, 9.17) is 0 Å². The van der Waals surface area contributed by atoms with E-state index in [1.54, 1.807) is 13.8 Å². The molecule has 0 N–H and O–H groups in total. The highest BCUT2D eigenvalue weighted by molar-refractivity contribution is 5.58. The summed E-state index contributed by atoms with van der Waals surface area (Å²) in [6.45, 7) is 9.45. The molecule has 0 spiro atoms. The predicted octanol–water partition coefficient (Wildman–Crippen LogP) is 3.31. The normalized spacial score (nSPS) is 12.8. The average molecular weight is 176 g/mol. The Kier molecular flexibility index (Phi) is 3.25. The summed E-state index contributed by atoms with van der Waals surface area (Å²) in [5.41, 5.74) is -0.691. The van der Waals surface area contributed by atoms with Crippen molar-refractivity contribution in [3.63, 3.8) is 0 Å². The Morgan fingerprint density at radius 1 is 1.25 bits per heavy atom. The summed E-state index contributed by atoms with van der Waals surface area (Å²) in [6.07, 6.45) is -1.07. The summed E-state index contributed by atoms with van der Waals surface area (Å²) in [5, 5.41) is 0. The van der Waals surface area contributed by atoms with Crippen LogP contribution < -0.4 is 0 Å². The van der Waals surface area contributed by atoms with E-state index in [1.165, 1.54) is 0 Å². The van der Waals surface area contributed by atoms with Crippen LogP contribution >= 0.6 is 0 Å². The standard InChI is InChI=1S/C9H17FO2/c1-8(2,3)6-9(4,5)12-7(10)11/h6H2,1-5H3. The van der Waals surface area contributed by atoms with E-state index in [9.17, 15) is 9.18 Å². The van der Waals surface area contributed by atoms with Gasteiger partial charge >= 0.3 is 6.22 Å². The lowest BCUT2D eigenvalue weighted by atomic mass is 9.84. The number of hydrogen-bond acceptors (Lipinski definition) is 2. The van der Waals surface area contributed by atoms with Crippen molar-refractivity contribution in [2.45, 2.75) is 46.6 Å². The molecule has 0 bridgehead atoms. The first-order chi connectivity index (χ1) is 5.12. The van der Waals surface area contributed by atoms with Crippen molar-refractivity contribution in [1.29, 1.82) is 0 Å². The van der Waals surface area contributed by atoms with E-state index in [-0.39, 0.29) is 5.41 Å². The molecule has 0 aliphatic carbocycles. The topological polar surface area (TPSA) is 26.3 Å². The molecule has 0 aromatic heterocycles. The molecule has 0 rings (SSSR count). The monoisotopic (exact) mass is 176 g/mol. The third-order valence-corrected chi connectivity index (χ3v) is 1.31. The fraction of sp³-hybridized carbons (Fsp3) is 0.889. The Bertz CT molecular complexity index is 168. The molecule has 0 aromatic rings. The smallest absolute Gasteiger partial charge is 0.434 e. The van der Waals surface area contributed by atoms with Gasteiger partial charge in [-0.2, -0.15) is 0 Å². The van der Waals surface area contributed by atoms with Crippen LogP contribution in [0.3, 0.4) is 0 Å². The Hall–Kier alpha value is -0.600. The maximum atomic E-state index is 11.9. The molecule has 3 heteroatoms. The summed E-state index contributed by atoms with van der Waals surface area (Å²) < 4.78 is 16.4. The van der Waals surface area contributed by atoms with Gasteiger partial charge in [-0.15, -0.1) is 4.39 Å². The molecule has 72 valence electrons. The van der Waals surface area contributed by atoms with Crippen molar-refractivity contribution >= 4 is 6.22 Å². The van der Waals surface area contributed by atoms with Crippen LogP contribution in [0.15, 0.2) is 0 Å². The SMILES string of the molecule is CC(C)(C)CC(C)(C)OC(=O)F. The Labute approximate surface area is 73.1 Å². The molecule has 12 heavy (non-hydrogen) atoms. The second-order valence-corrected chi connectivity index (χ2v) is 4.84. The van der Waals surface area contributed by atoms with Gasteiger partial charge in [0.2, 0.25) is 0 Å². The van der Waals surface area contributed by atoms with Gasteiger partial charge in [0.15, 0.2) is 0 Å². The van der Waals surface area contributed by atoms with E-state index in [0.29, 0.717) is 6.42 Å². The van der Waals surface area contributed by atoms with Gasteiger partial charge in [0.05, 0.1) is 0 Å². The van der Waals surface area contributed by atoms with E-state index < -0.39 is 11.8 Å². The molecule has 0 fully saturated rings. The molecule has 0 heterocycles. The number of carbonyl (C=O) groups excluding carboxylic acids is 1. The van der Waals surface area contributed by atoms with Crippen LogP contribution in [0.2, 0.25) is 0 Å². The van der Waals surface area contributed by atoms with E-state index >= 15 is 0 Å². The molecular formula is C9H17FO2. The molecule has 2 nitrogen and oxygen atoms in total. The molecule has 0 saturated carbocycles. The predicted molar refractivity (Wildman–Crippen MR) is 45.7 cm³/mol. The van der Waals surface area contributed by atoms with Crippen LogP contribution in [0, 0.1) is 5.41 Å². The first-order valence-electron chi connectivity index (χ1n) is 4.01. The molecule has 0 aromatic carbocycles. The van der Waals surface area contributed by atoms with Crippen LogP contribution in [0.1, 0.15) is 41.0 Å². The third kappa shape index (κ3) is 6.13. The van der Waals surface area contributed by atoms with Gasteiger partial charge in [-0.25, -0.2) is 4.79 Å². The van der Waals surface area contributed by atoms with Crippen LogP contribution in [0.5, 0.6) is 0 Å². The largest absolute Gasteiger partial charge is 0.495 e. The molecule has 0 unspecified atom stereocenters. The van der Waals surface area contributed by atoms with Crippen molar-refractivity contribution < 1.29 is 13.9 Å². The quantitative estimate of drug-likeness (QED) is 0.603. The summed E-state index contributed by atoms with van der Waals surface area (Å²) in [7, 11) is 0. The molecule has 0 atom stereocenters. The van der Waals surface area contributed by atoms with Crippen molar-refractivity contribution in [3.8, 4) is 0 Å². The number of ether oxygens (including phenoxy) is 1. The molecule has 0 aliphatic heterocycles. The van der Waals surface area contributed by atoms with Crippen molar-refractivity contribution in [2.75, 3.05) is 0 Å². The highest BCUT2D eigenvalue weighted by Gasteiger charge is 2.28. The van der Waals surface area contributed by atoms with E-state index in [0.717, 1.165) is 0 Å². The maximum Gasteiger partial charge on any atom is 0.495 e. The van der Waals surface area contributed by atoms with Gasteiger partial charge in [-0.3, -0.25) is 0 Å². The van der Waals surface area contributed by atoms with Gasteiger partial charge in [0.1, 0.15) is 5.60 Å². The Morgan fingerprint density at radius 2 is 1.67 bits per heavy atom. The van der Waals surface area contributed by atoms with Gasteiger partial charge in [0, 0.05) is 0 Å². The highest BCUT2D eigenvalue weighted by Crippen LogP contribution is 2.29. The minimum Gasteiger partial charge on any atom is -0.434 e. The highest BCUT2D eigenvalue weighted by atomic mass is 19.1. The fourth-order valence-electron chi connectivity index (χ4n) is 1.53. The average Bonchev–Trinajstić information content (AvgIpc) is 1.48. The number of hydrogen-bond donors (Lipinski definition) is 0. The minimum atomic E-state index is -1.70. The lowest BCUT2D eigenvalue weighted by Gasteiger charge is -2.30. The molecular weight excluding hydrogens is 159 g/mol. The fourth-order valence-corrected chi connectivity index (χ4v) is 1.53. The first kappa shape index (κ1) is 11.4. The Morgan fingerprint density at radius 3 is 1.92 bits per heavy atom. The summed E-state index contributed by atoms with van der Waals surface area (Å²) >= 11 is 0. The molecule has 0 aliphatic rings. The summed E-state index contributed by atoms with van der Waals surface area (Å²) in [4.78, 5) is 10.1. The summed E-state index contributed by atoms with van der Waals surface area (Å²) in [5.74, 6) is 0. The van der Waals surface area contributed by atoms with Crippen molar-refractivity contribution in [3.05, 3.63) is 0 Å². The van der Waals surface area contributed by atoms with Crippen LogP contribution in [0.25, 0.3) is 0 Å². The number of rotatable bonds is 2. The van der Waals surface area contributed by atoms with Crippen molar-refractivity contribution in [1.82, 2.24) is 0 Å². The maximum absolute atomic E-state index is 11.9. The second kappa shape index (κ2) is 3.42. The van der Waals surface area contributed by atoms with Crippen LogP contribution in [-0.2, 0) is 4.74 Å². The zero-order valence-corrected chi connectivity index (χ0v) is 8.40. The molecule has 0 saturated heterocycles. The van der Waals surface area contributed by atoms with E-state index in [1.807, 2.05) is 20.8 Å². The third-order valence-electron chi connectivity index (χ3n) is 1.31. The van der Waals surface area contributed by atoms with Gasteiger partial charge in [0.25, 0.3) is 0 Å². The first-order valence-corrected chi connectivity index (χ1v) is 4.01. The Balaban J connectivity index is 4.13. The van der Waals surface area contributed by atoms with Crippen LogP contribution in [-0.4, -0.2) is 11.8 Å². The lowest BCUT2D eigenvalue weighted by Crippen LogP contribution is -2.31.